The summed E-state index contributed by atoms with van der Waals surface area (Å²) in [4.78, 5) is 29.2. The van der Waals surface area contributed by atoms with E-state index in [-0.39, 0.29) is 46.4 Å². The van der Waals surface area contributed by atoms with Crippen molar-refractivity contribution in [3.8, 4) is 0 Å². The highest BCUT2D eigenvalue weighted by Crippen LogP contribution is 2.78. The minimum Gasteiger partial charge on any atom is -0.443 e. The zero-order valence-corrected chi connectivity index (χ0v) is 22.1. The molecule has 6 nitrogen and oxygen atoms in total. The van der Waals surface area contributed by atoms with Gasteiger partial charge in [-0.1, -0.05) is 34.6 Å². The Morgan fingerprint density at radius 3 is 2.57 bits per heavy atom. The Bertz CT molecular complexity index is 1000. The zero-order chi connectivity index (χ0) is 24.8. The van der Waals surface area contributed by atoms with Crippen LogP contribution in [0.1, 0.15) is 92.4 Å². The molecular weight excluding hydrogens is 442 g/mol. The van der Waals surface area contributed by atoms with E-state index in [0.29, 0.717) is 43.3 Å². The van der Waals surface area contributed by atoms with Crippen molar-refractivity contribution in [2.75, 3.05) is 6.54 Å². The SMILES string of the molecule is CC1CC(=O)[C@H]2C[C@H](O)[C@H]3[C@@](C)(C[C@@]45OC(=O)C[C@]3(C)[C@]4(C)CC[C@]34C[C@@H](C)C[C@H](CN35)O4)[C@@H]2C1. The normalized spacial score (nSPS) is 61.3. The second-order valence-corrected chi connectivity index (χ2v) is 14.7. The number of ether oxygens (including phenoxy) is 2. The third-order valence-electron chi connectivity index (χ3n) is 12.8. The maximum atomic E-state index is 13.5. The monoisotopic (exact) mass is 485 g/mol. The van der Waals surface area contributed by atoms with Crippen molar-refractivity contribution in [3.05, 3.63) is 0 Å². The summed E-state index contributed by atoms with van der Waals surface area (Å²) in [5, 5.41) is 11.8. The molecule has 3 saturated carbocycles. The van der Waals surface area contributed by atoms with E-state index in [1.807, 2.05) is 0 Å². The molecule has 35 heavy (non-hydrogen) atoms. The fraction of sp³-hybridized carbons (Fsp3) is 0.931. The van der Waals surface area contributed by atoms with Crippen molar-refractivity contribution in [2.24, 2.45) is 45.8 Å². The van der Waals surface area contributed by atoms with Crippen LogP contribution < -0.4 is 0 Å². The third kappa shape index (κ3) is 2.53. The third-order valence-corrected chi connectivity index (χ3v) is 12.8. The number of aliphatic hydroxyl groups excluding tert-OH is 1. The maximum absolute atomic E-state index is 13.5. The number of esters is 1. The molecule has 4 bridgehead atoms. The molecular formula is C29H43NO5. The van der Waals surface area contributed by atoms with Crippen molar-refractivity contribution in [3.63, 3.8) is 0 Å². The van der Waals surface area contributed by atoms with E-state index in [1.165, 1.54) is 0 Å². The van der Waals surface area contributed by atoms with Gasteiger partial charge in [-0.3, -0.25) is 9.59 Å². The van der Waals surface area contributed by atoms with E-state index in [1.54, 1.807) is 0 Å². The molecule has 1 spiro atoms. The van der Waals surface area contributed by atoms with Crippen LogP contribution in [0.4, 0.5) is 0 Å². The Morgan fingerprint density at radius 1 is 1.03 bits per heavy atom. The van der Waals surface area contributed by atoms with E-state index >= 15 is 0 Å². The number of rotatable bonds is 0. The first-order valence-corrected chi connectivity index (χ1v) is 14.3. The van der Waals surface area contributed by atoms with Gasteiger partial charge >= 0.3 is 5.97 Å². The number of carbonyl (C=O) groups excluding carboxylic acids is 2. The molecule has 7 fully saturated rings. The van der Waals surface area contributed by atoms with Gasteiger partial charge in [0.1, 0.15) is 11.5 Å². The molecule has 0 aromatic carbocycles. The fourth-order valence-electron chi connectivity index (χ4n) is 11.6. The maximum Gasteiger partial charge on any atom is 0.308 e. The molecule has 4 saturated heterocycles. The van der Waals surface area contributed by atoms with Gasteiger partial charge in [0, 0.05) is 30.7 Å². The molecule has 6 heteroatoms. The average Bonchev–Trinajstić information content (AvgIpc) is 3.01. The molecule has 1 unspecified atom stereocenters. The van der Waals surface area contributed by atoms with E-state index in [4.69, 9.17) is 9.47 Å². The van der Waals surface area contributed by atoms with Gasteiger partial charge in [-0.15, -0.1) is 0 Å². The van der Waals surface area contributed by atoms with Crippen LogP contribution in [-0.2, 0) is 19.1 Å². The largest absolute Gasteiger partial charge is 0.443 e. The molecule has 7 aliphatic rings. The predicted octanol–water partition coefficient (Wildman–Crippen LogP) is 4.29. The molecule has 0 radical (unpaired) electrons. The number of hydrogen-bond donors (Lipinski definition) is 1. The lowest BCUT2D eigenvalue weighted by atomic mass is 9.33. The minimum absolute atomic E-state index is 0.0174. The minimum atomic E-state index is -0.745. The van der Waals surface area contributed by atoms with Crippen LogP contribution in [-0.4, -0.2) is 52.0 Å². The summed E-state index contributed by atoms with van der Waals surface area (Å²) in [5.74, 6) is 1.30. The first-order valence-electron chi connectivity index (χ1n) is 14.3. The Morgan fingerprint density at radius 2 is 1.80 bits per heavy atom. The Labute approximate surface area is 209 Å². The zero-order valence-electron chi connectivity index (χ0n) is 22.1. The van der Waals surface area contributed by atoms with Crippen molar-refractivity contribution >= 4 is 11.8 Å². The average molecular weight is 486 g/mol. The van der Waals surface area contributed by atoms with Gasteiger partial charge in [0.05, 0.1) is 18.6 Å². The van der Waals surface area contributed by atoms with Crippen molar-refractivity contribution in [2.45, 2.75) is 116 Å². The number of nitrogens with zero attached hydrogens (tertiary/aromatic N) is 1. The molecule has 4 aliphatic heterocycles. The second-order valence-electron chi connectivity index (χ2n) is 14.7. The topological polar surface area (TPSA) is 76.1 Å². The van der Waals surface area contributed by atoms with Gasteiger partial charge < -0.3 is 14.6 Å². The van der Waals surface area contributed by atoms with E-state index < -0.39 is 17.2 Å². The number of carbonyl (C=O) groups is 2. The highest BCUT2D eigenvalue weighted by molar-refractivity contribution is 5.83. The van der Waals surface area contributed by atoms with Gasteiger partial charge in [-0.2, -0.15) is 0 Å². The molecule has 1 N–H and O–H groups in total. The molecule has 7 rings (SSSR count). The van der Waals surface area contributed by atoms with Crippen LogP contribution in [0.5, 0.6) is 0 Å². The molecule has 0 amide bonds. The highest BCUT2D eigenvalue weighted by Gasteiger charge is 2.82. The van der Waals surface area contributed by atoms with Gasteiger partial charge in [-0.05, 0) is 73.0 Å². The van der Waals surface area contributed by atoms with Gasteiger partial charge in [0.2, 0.25) is 0 Å². The lowest BCUT2D eigenvalue weighted by molar-refractivity contribution is -0.392. The molecule has 3 aliphatic carbocycles. The summed E-state index contributed by atoms with van der Waals surface area (Å²) in [7, 11) is 0. The second kappa shape index (κ2) is 6.71. The molecule has 194 valence electrons. The Balaban J connectivity index is 1.43. The van der Waals surface area contributed by atoms with Crippen LogP contribution in [0, 0.1) is 45.8 Å². The van der Waals surface area contributed by atoms with Crippen molar-refractivity contribution in [1.82, 2.24) is 4.90 Å². The number of Topliss-reactive ketones (excluding diaryl/α,β-unsaturated/α-hetero) is 1. The number of aliphatic hydroxyl groups is 1. The molecule has 12 atom stereocenters. The standard InChI is InChI=1S/C29H43NO5/c1-16-9-20-19(21(31)10-16)11-22(32)24-25(20,3)15-29-27(5,26(24,4)13-23(33)35-29)6-7-28-12-17(2)8-18(34-28)14-30(28)29/h16-20,22,24,32H,6-15H2,1-5H3/t16?,17-,18+,19-,20+,22-,24-,25-,26-,27-,28-,29+/m0/s1. The lowest BCUT2D eigenvalue weighted by Crippen LogP contribution is -2.83. The summed E-state index contributed by atoms with van der Waals surface area (Å²) < 4.78 is 13.5. The van der Waals surface area contributed by atoms with Gasteiger partial charge in [-0.25, -0.2) is 4.90 Å². The van der Waals surface area contributed by atoms with Crippen LogP contribution in [0.15, 0.2) is 0 Å². The molecule has 0 aromatic rings. The van der Waals surface area contributed by atoms with Gasteiger partial charge in [0.15, 0.2) is 5.72 Å². The lowest BCUT2D eigenvalue weighted by Gasteiger charge is -2.77. The highest BCUT2D eigenvalue weighted by atomic mass is 16.6. The summed E-state index contributed by atoms with van der Waals surface area (Å²) in [5.41, 5.74) is -2.04. The van der Waals surface area contributed by atoms with E-state index in [2.05, 4.69) is 39.5 Å². The van der Waals surface area contributed by atoms with Crippen molar-refractivity contribution < 1.29 is 24.2 Å². The van der Waals surface area contributed by atoms with Crippen molar-refractivity contribution in [1.29, 1.82) is 0 Å². The van der Waals surface area contributed by atoms with E-state index in [0.717, 1.165) is 38.6 Å². The number of ketones is 1. The summed E-state index contributed by atoms with van der Waals surface area (Å²) in [6.07, 6.45) is 6.84. The van der Waals surface area contributed by atoms with Crippen LogP contribution in [0.3, 0.4) is 0 Å². The number of fused-ring (bicyclic) bond motifs is 5. The van der Waals surface area contributed by atoms with Gasteiger partial charge in [0.25, 0.3) is 0 Å². The van der Waals surface area contributed by atoms with E-state index in [9.17, 15) is 14.7 Å². The number of hydrogen-bond acceptors (Lipinski definition) is 6. The molecule has 4 heterocycles. The number of piperidine rings is 1. The Kier molecular flexibility index (Phi) is 4.44. The summed E-state index contributed by atoms with van der Waals surface area (Å²) in [6.45, 7) is 12.3. The van der Waals surface area contributed by atoms with Crippen LogP contribution >= 0.6 is 0 Å². The predicted molar refractivity (Wildman–Crippen MR) is 129 cm³/mol. The first kappa shape index (κ1) is 23.2. The molecule has 0 aromatic heterocycles. The first-order chi connectivity index (χ1) is 16.4. The van der Waals surface area contributed by atoms with Crippen LogP contribution in [0.2, 0.25) is 0 Å². The van der Waals surface area contributed by atoms with Crippen LogP contribution in [0.25, 0.3) is 0 Å². The summed E-state index contributed by atoms with van der Waals surface area (Å²) in [6, 6.07) is 0. The fourth-order valence-corrected chi connectivity index (χ4v) is 11.6. The summed E-state index contributed by atoms with van der Waals surface area (Å²) >= 11 is 0. The quantitative estimate of drug-likeness (QED) is 0.516. The Hall–Kier alpha value is -0.980. The smallest absolute Gasteiger partial charge is 0.308 e.